The molecular weight excluding hydrogens is 309 g/mol. The number of urea groups is 1. The zero-order chi connectivity index (χ0) is 17.4. The van der Waals surface area contributed by atoms with E-state index in [2.05, 4.69) is 15.5 Å². The van der Waals surface area contributed by atoms with Gasteiger partial charge in [-0.05, 0) is 62.4 Å². The molecule has 0 unspecified atom stereocenters. The summed E-state index contributed by atoms with van der Waals surface area (Å²) in [5.74, 6) is 0.0501. The molecule has 1 fully saturated rings. The summed E-state index contributed by atoms with van der Waals surface area (Å²) in [6.07, 6.45) is 3.66. The number of halogens is 1. The number of piperidine rings is 1. The van der Waals surface area contributed by atoms with Gasteiger partial charge < -0.3 is 5.32 Å². The van der Waals surface area contributed by atoms with Crippen LogP contribution in [0.3, 0.4) is 0 Å². The van der Waals surface area contributed by atoms with Gasteiger partial charge in [-0.25, -0.2) is 9.18 Å². The minimum Gasteiger partial charge on any atom is -0.338 e. The Morgan fingerprint density at radius 2 is 2.04 bits per heavy atom. The molecule has 1 saturated heterocycles. The molecule has 0 aliphatic carbocycles. The maximum absolute atomic E-state index is 13.2. The standard InChI is InChI=1S/C18H26FN3O2/c1-2-8-20-18(24)21-17(23)13-22-9-6-14(7-10-22)11-15-4-3-5-16(19)12-15/h3-5,12,14H,2,6-11,13H2,1H3,(H2,20,21,23,24). The van der Waals surface area contributed by atoms with E-state index in [0.717, 1.165) is 44.3 Å². The molecule has 1 heterocycles. The van der Waals surface area contributed by atoms with Gasteiger partial charge in [-0.15, -0.1) is 0 Å². The van der Waals surface area contributed by atoms with Crippen molar-refractivity contribution < 1.29 is 14.0 Å². The Hall–Kier alpha value is -1.95. The molecule has 1 aliphatic heterocycles. The second-order valence-electron chi connectivity index (χ2n) is 6.36. The van der Waals surface area contributed by atoms with Gasteiger partial charge in [0.1, 0.15) is 5.82 Å². The molecule has 0 atom stereocenters. The summed E-state index contributed by atoms with van der Waals surface area (Å²) >= 11 is 0. The van der Waals surface area contributed by atoms with E-state index in [1.165, 1.54) is 6.07 Å². The molecule has 2 rings (SSSR count). The third-order valence-electron chi connectivity index (χ3n) is 4.28. The normalized spacial score (nSPS) is 15.9. The quantitative estimate of drug-likeness (QED) is 0.839. The summed E-state index contributed by atoms with van der Waals surface area (Å²) in [7, 11) is 0. The Morgan fingerprint density at radius 3 is 2.71 bits per heavy atom. The summed E-state index contributed by atoms with van der Waals surface area (Å²) in [6, 6.07) is 6.32. The summed E-state index contributed by atoms with van der Waals surface area (Å²) in [6.45, 7) is 4.40. The van der Waals surface area contributed by atoms with Crippen LogP contribution in [0.2, 0.25) is 0 Å². The van der Waals surface area contributed by atoms with Crippen molar-refractivity contribution >= 4 is 11.9 Å². The fourth-order valence-corrected chi connectivity index (χ4v) is 3.00. The summed E-state index contributed by atoms with van der Waals surface area (Å²) in [5.41, 5.74) is 1.03. The van der Waals surface area contributed by atoms with Crippen LogP contribution in [0.5, 0.6) is 0 Å². The average molecular weight is 335 g/mol. The highest BCUT2D eigenvalue weighted by atomic mass is 19.1. The summed E-state index contributed by atoms with van der Waals surface area (Å²) in [4.78, 5) is 25.3. The fourth-order valence-electron chi connectivity index (χ4n) is 3.00. The molecule has 0 bridgehead atoms. The van der Waals surface area contributed by atoms with Crippen molar-refractivity contribution in [3.8, 4) is 0 Å². The largest absolute Gasteiger partial charge is 0.338 e. The molecule has 1 aliphatic rings. The number of rotatable bonds is 6. The zero-order valence-corrected chi connectivity index (χ0v) is 14.2. The van der Waals surface area contributed by atoms with E-state index in [9.17, 15) is 14.0 Å². The smallest absolute Gasteiger partial charge is 0.321 e. The summed E-state index contributed by atoms with van der Waals surface area (Å²) < 4.78 is 13.2. The second-order valence-corrected chi connectivity index (χ2v) is 6.36. The molecule has 0 radical (unpaired) electrons. The van der Waals surface area contributed by atoms with Crippen LogP contribution < -0.4 is 10.6 Å². The molecule has 6 heteroatoms. The molecule has 5 nitrogen and oxygen atoms in total. The maximum Gasteiger partial charge on any atom is 0.321 e. The molecule has 24 heavy (non-hydrogen) atoms. The number of carbonyl (C=O) groups excluding carboxylic acids is 2. The van der Waals surface area contributed by atoms with E-state index in [4.69, 9.17) is 0 Å². The van der Waals surface area contributed by atoms with E-state index in [0.29, 0.717) is 12.5 Å². The SMILES string of the molecule is CCCNC(=O)NC(=O)CN1CCC(Cc2cccc(F)c2)CC1. The Kier molecular flexibility index (Phi) is 7.18. The van der Waals surface area contributed by atoms with Gasteiger partial charge >= 0.3 is 6.03 Å². The zero-order valence-electron chi connectivity index (χ0n) is 14.2. The predicted octanol–water partition coefficient (Wildman–Crippen LogP) is 2.32. The molecule has 0 aromatic heterocycles. The van der Waals surface area contributed by atoms with Crippen LogP contribution in [-0.2, 0) is 11.2 Å². The maximum atomic E-state index is 13.2. The topological polar surface area (TPSA) is 61.4 Å². The highest BCUT2D eigenvalue weighted by Crippen LogP contribution is 2.21. The number of benzene rings is 1. The first kappa shape index (κ1) is 18.4. The Balaban J connectivity index is 1.69. The number of likely N-dealkylation sites (tertiary alicyclic amines) is 1. The van der Waals surface area contributed by atoms with Gasteiger partial charge in [0.15, 0.2) is 0 Å². The van der Waals surface area contributed by atoms with Crippen molar-refractivity contribution in [2.45, 2.75) is 32.6 Å². The van der Waals surface area contributed by atoms with Crippen molar-refractivity contribution in [3.63, 3.8) is 0 Å². The van der Waals surface area contributed by atoms with Crippen molar-refractivity contribution in [1.29, 1.82) is 0 Å². The van der Waals surface area contributed by atoms with Crippen molar-refractivity contribution in [1.82, 2.24) is 15.5 Å². The number of hydrogen-bond donors (Lipinski definition) is 2. The van der Waals surface area contributed by atoms with Gasteiger partial charge in [-0.2, -0.15) is 0 Å². The molecule has 1 aromatic rings. The van der Waals surface area contributed by atoms with Crippen molar-refractivity contribution in [2.75, 3.05) is 26.2 Å². The molecule has 132 valence electrons. The molecular formula is C18H26FN3O2. The third kappa shape index (κ3) is 6.28. The lowest BCUT2D eigenvalue weighted by atomic mass is 9.90. The van der Waals surface area contributed by atoms with Crippen LogP contribution in [0.25, 0.3) is 0 Å². The Morgan fingerprint density at radius 1 is 1.29 bits per heavy atom. The van der Waals surface area contributed by atoms with Gasteiger partial charge in [0.2, 0.25) is 5.91 Å². The van der Waals surface area contributed by atoms with Crippen LogP contribution in [0.4, 0.5) is 9.18 Å². The van der Waals surface area contributed by atoms with Crippen LogP contribution in [0.1, 0.15) is 31.7 Å². The number of amides is 3. The first-order valence-corrected chi connectivity index (χ1v) is 8.61. The monoisotopic (exact) mass is 335 g/mol. The van der Waals surface area contributed by atoms with Gasteiger partial charge in [0.05, 0.1) is 6.54 Å². The van der Waals surface area contributed by atoms with Crippen molar-refractivity contribution in [3.05, 3.63) is 35.6 Å². The van der Waals surface area contributed by atoms with Gasteiger partial charge in [0.25, 0.3) is 0 Å². The van der Waals surface area contributed by atoms with Gasteiger partial charge in [-0.1, -0.05) is 19.1 Å². The molecule has 2 N–H and O–H groups in total. The molecule has 0 saturated carbocycles. The van der Waals surface area contributed by atoms with E-state index in [1.807, 2.05) is 13.0 Å². The average Bonchev–Trinajstić information content (AvgIpc) is 2.55. The van der Waals surface area contributed by atoms with Crippen LogP contribution in [-0.4, -0.2) is 43.0 Å². The fraction of sp³-hybridized carbons (Fsp3) is 0.556. The molecule has 3 amide bonds. The number of imide groups is 1. The number of hydrogen-bond acceptors (Lipinski definition) is 3. The predicted molar refractivity (Wildman–Crippen MR) is 91.1 cm³/mol. The lowest BCUT2D eigenvalue weighted by Gasteiger charge is -2.31. The molecule has 1 aromatic carbocycles. The van der Waals surface area contributed by atoms with Gasteiger partial charge in [-0.3, -0.25) is 15.0 Å². The first-order valence-electron chi connectivity index (χ1n) is 8.61. The molecule has 0 spiro atoms. The van der Waals surface area contributed by atoms with Crippen molar-refractivity contribution in [2.24, 2.45) is 5.92 Å². The minimum atomic E-state index is -0.428. The Bertz CT molecular complexity index is 557. The van der Waals surface area contributed by atoms with Crippen LogP contribution >= 0.6 is 0 Å². The first-order chi connectivity index (χ1) is 11.6. The number of carbonyl (C=O) groups is 2. The number of nitrogens with zero attached hydrogens (tertiary/aromatic N) is 1. The highest BCUT2D eigenvalue weighted by molar-refractivity contribution is 5.95. The highest BCUT2D eigenvalue weighted by Gasteiger charge is 2.21. The van der Waals surface area contributed by atoms with Gasteiger partial charge in [0, 0.05) is 6.54 Å². The third-order valence-corrected chi connectivity index (χ3v) is 4.28. The van der Waals surface area contributed by atoms with E-state index in [-0.39, 0.29) is 18.3 Å². The van der Waals surface area contributed by atoms with E-state index in [1.54, 1.807) is 12.1 Å². The lowest BCUT2D eigenvalue weighted by Crippen LogP contribution is -2.46. The van der Waals surface area contributed by atoms with Crippen LogP contribution in [0.15, 0.2) is 24.3 Å². The Labute approximate surface area is 142 Å². The second kappa shape index (κ2) is 9.37. The van der Waals surface area contributed by atoms with E-state index >= 15 is 0 Å². The number of nitrogens with one attached hydrogen (secondary N) is 2. The lowest BCUT2D eigenvalue weighted by molar-refractivity contribution is -0.121. The minimum absolute atomic E-state index is 0.192. The summed E-state index contributed by atoms with van der Waals surface area (Å²) in [5, 5.41) is 4.97. The van der Waals surface area contributed by atoms with E-state index < -0.39 is 6.03 Å². The van der Waals surface area contributed by atoms with Crippen LogP contribution in [0, 0.1) is 11.7 Å².